The molecule has 1 aromatic heterocycles. The zero-order valence-electron chi connectivity index (χ0n) is 18.3. The molecule has 2 aromatic carbocycles. The minimum absolute atomic E-state index is 0.101. The second-order valence-electron chi connectivity index (χ2n) is 6.95. The van der Waals surface area contributed by atoms with Gasteiger partial charge in [0, 0.05) is 43.6 Å². The van der Waals surface area contributed by atoms with Gasteiger partial charge in [-0.05, 0) is 24.1 Å². The number of hydrogen-bond acceptors (Lipinski definition) is 8. The molecule has 0 amide bonds. The number of sulfonamides is 1. The van der Waals surface area contributed by atoms with Crippen LogP contribution in [0.5, 0.6) is 11.5 Å². The van der Waals surface area contributed by atoms with Crippen molar-refractivity contribution in [2.24, 2.45) is 0 Å². The lowest BCUT2D eigenvalue weighted by Gasteiger charge is -2.14. The minimum Gasteiger partial charge on any atom is -0.497 e. The summed E-state index contributed by atoms with van der Waals surface area (Å²) in [6.45, 7) is 0.373. The number of benzene rings is 2. The summed E-state index contributed by atoms with van der Waals surface area (Å²) >= 11 is 0. The molecule has 0 radical (unpaired) electrons. The normalized spacial score (nSPS) is 11.4. The molecular weight excluding hydrogens is 452 g/mol. The third kappa shape index (κ3) is 5.66. The van der Waals surface area contributed by atoms with Gasteiger partial charge in [-0.2, -0.15) is 5.10 Å². The summed E-state index contributed by atoms with van der Waals surface area (Å²) in [7, 11) is 0.383. The topological polar surface area (TPSA) is 135 Å². The molecular formula is C21H24N4O7S. The van der Waals surface area contributed by atoms with Crippen molar-refractivity contribution < 1.29 is 27.6 Å². The molecule has 176 valence electrons. The van der Waals surface area contributed by atoms with Gasteiger partial charge in [0.1, 0.15) is 16.4 Å². The smallest absolute Gasteiger partial charge is 0.270 e. The molecule has 0 fully saturated rings. The van der Waals surface area contributed by atoms with E-state index in [-0.39, 0.29) is 22.8 Å². The maximum Gasteiger partial charge on any atom is 0.270 e. The van der Waals surface area contributed by atoms with Crippen molar-refractivity contribution in [2.75, 3.05) is 27.9 Å². The summed E-state index contributed by atoms with van der Waals surface area (Å²) in [5, 5.41) is 15.5. The van der Waals surface area contributed by atoms with E-state index in [2.05, 4.69) is 9.82 Å². The molecule has 11 nitrogen and oxygen atoms in total. The van der Waals surface area contributed by atoms with Gasteiger partial charge in [-0.25, -0.2) is 17.8 Å². The van der Waals surface area contributed by atoms with E-state index in [0.717, 1.165) is 11.6 Å². The largest absolute Gasteiger partial charge is 0.497 e. The Morgan fingerprint density at radius 2 is 1.91 bits per heavy atom. The van der Waals surface area contributed by atoms with E-state index in [0.29, 0.717) is 30.1 Å². The molecule has 0 aliphatic rings. The van der Waals surface area contributed by atoms with Crippen LogP contribution in [0.25, 0.3) is 5.69 Å². The number of methoxy groups -OCH3 is 3. The SMILES string of the molecule is COCCc1cnn(-c2ccc([N+](=O)[O-])cc2S(=O)(=O)NCc2ccc(OC)cc2OC)c1. The zero-order chi connectivity index (χ0) is 24.0. The van der Waals surface area contributed by atoms with E-state index in [1.807, 2.05) is 0 Å². The van der Waals surface area contributed by atoms with Crippen molar-refractivity contribution in [3.05, 3.63) is 70.0 Å². The number of nitro benzene ring substituents is 1. The van der Waals surface area contributed by atoms with Crippen molar-refractivity contribution in [3.63, 3.8) is 0 Å². The standard InChI is InChI=1S/C21H24N4O7S/c1-30-9-8-15-12-22-24(14-15)19-7-5-17(25(26)27)10-21(19)33(28,29)23-13-16-4-6-18(31-2)11-20(16)32-3/h4-7,10-12,14,23H,8-9,13H2,1-3H3. The first kappa shape index (κ1) is 24.2. The summed E-state index contributed by atoms with van der Waals surface area (Å²) < 4.78 is 45.8. The molecule has 33 heavy (non-hydrogen) atoms. The van der Waals surface area contributed by atoms with Crippen LogP contribution in [-0.4, -0.2) is 51.1 Å². The molecule has 3 aromatic rings. The van der Waals surface area contributed by atoms with E-state index in [4.69, 9.17) is 14.2 Å². The monoisotopic (exact) mass is 476 g/mol. The Morgan fingerprint density at radius 3 is 2.58 bits per heavy atom. The molecule has 3 rings (SSSR count). The number of ether oxygens (including phenoxy) is 3. The highest BCUT2D eigenvalue weighted by molar-refractivity contribution is 7.89. The number of aromatic nitrogens is 2. The van der Waals surface area contributed by atoms with Gasteiger partial charge in [-0.15, -0.1) is 0 Å². The lowest BCUT2D eigenvalue weighted by Crippen LogP contribution is -2.25. The second-order valence-corrected chi connectivity index (χ2v) is 8.68. The van der Waals surface area contributed by atoms with Crippen LogP contribution in [0.4, 0.5) is 5.69 Å². The Bertz CT molecular complexity index is 1240. The van der Waals surface area contributed by atoms with E-state index < -0.39 is 14.9 Å². The molecule has 1 heterocycles. The highest BCUT2D eigenvalue weighted by atomic mass is 32.2. The van der Waals surface area contributed by atoms with Crippen molar-refractivity contribution in [1.82, 2.24) is 14.5 Å². The van der Waals surface area contributed by atoms with Crippen LogP contribution < -0.4 is 14.2 Å². The summed E-state index contributed by atoms with van der Waals surface area (Å²) in [4.78, 5) is 10.4. The molecule has 0 atom stereocenters. The minimum atomic E-state index is -4.17. The van der Waals surface area contributed by atoms with Gasteiger partial charge in [-0.3, -0.25) is 10.1 Å². The highest BCUT2D eigenvalue weighted by Gasteiger charge is 2.24. The molecule has 0 spiro atoms. The predicted octanol–water partition coefficient (Wildman–Crippen LogP) is 2.47. The van der Waals surface area contributed by atoms with Crippen molar-refractivity contribution in [1.29, 1.82) is 0 Å². The summed E-state index contributed by atoms with van der Waals surface area (Å²) in [5.74, 6) is 0.994. The van der Waals surface area contributed by atoms with E-state index in [1.165, 1.54) is 31.0 Å². The Hall–Kier alpha value is -3.48. The molecule has 0 aliphatic heterocycles. The van der Waals surface area contributed by atoms with E-state index in [1.54, 1.807) is 37.7 Å². The zero-order valence-corrected chi connectivity index (χ0v) is 19.2. The van der Waals surface area contributed by atoms with Crippen molar-refractivity contribution in [2.45, 2.75) is 17.9 Å². The van der Waals surface area contributed by atoms with Gasteiger partial charge in [0.05, 0.1) is 37.6 Å². The Balaban J connectivity index is 1.96. The van der Waals surface area contributed by atoms with Gasteiger partial charge < -0.3 is 14.2 Å². The quantitative estimate of drug-likeness (QED) is 0.329. The number of nitrogens with one attached hydrogen (secondary N) is 1. The number of non-ortho nitro benzene ring substituents is 1. The first-order valence-electron chi connectivity index (χ1n) is 9.81. The number of nitro groups is 1. The van der Waals surface area contributed by atoms with Gasteiger partial charge in [0.2, 0.25) is 10.0 Å². The third-order valence-electron chi connectivity index (χ3n) is 4.87. The fourth-order valence-corrected chi connectivity index (χ4v) is 4.32. The van der Waals surface area contributed by atoms with Gasteiger partial charge in [0.25, 0.3) is 5.69 Å². The Kier molecular flexibility index (Phi) is 7.63. The van der Waals surface area contributed by atoms with Crippen molar-refractivity contribution >= 4 is 15.7 Å². The van der Waals surface area contributed by atoms with Crippen LogP contribution in [0.2, 0.25) is 0 Å². The maximum atomic E-state index is 13.2. The Morgan fingerprint density at radius 1 is 1.12 bits per heavy atom. The molecule has 0 saturated heterocycles. The van der Waals surface area contributed by atoms with Crippen LogP contribution >= 0.6 is 0 Å². The van der Waals surface area contributed by atoms with Crippen LogP contribution in [-0.2, 0) is 27.7 Å². The van der Waals surface area contributed by atoms with E-state index in [9.17, 15) is 18.5 Å². The molecule has 0 aliphatic carbocycles. The van der Waals surface area contributed by atoms with Crippen LogP contribution in [0, 0.1) is 10.1 Å². The lowest BCUT2D eigenvalue weighted by atomic mass is 10.2. The lowest BCUT2D eigenvalue weighted by molar-refractivity contribution is -0.385. The third-order valence-corrected chi connectivity index (χ3v) is 6.30. The number of hydrogen-bond donors (Lipinski definition) is 1. The van der Waals surface area contributed by atoms with Gasteiger partial charge >= 0.3 is 0 Å². The fourth-order valence-electron chi connectivity index (χ4n) is 3.11. The Labute approximate surface area is 191 Å². The van der Waals surface area contributed by atoms with Crippen LogP contribution in [0.1, 0.15) is 11.1 Å². The summed E-state index contributed by atoms with van der Waals surface area (Å²) in [5.41, 5.74) is 1.22. The predicted molar refractivity (Wildman–Crippen MR) is 119 cm³/mol. The fraction of sp³-hybridized carbons (Fsp3) is 0.286. The van der Waals surface area contributed by atoms with Crippen LogP contribution in [0.3, 0.4) is 0 Å². The van der Waals surface area contributed by atoms with E-state index >= 15 is 0 Å². The van der Waals surface area contributed by atoms with Gasteiger partial charge in [-0.1, -0.05) is 6.07 Å². The average Bonchev–Trinajstić information content (AvgIpc) is 3.29. The highest BCUT2D eigenvalue weighted by Crippen LogP contribution is 2.28. The van der Waals surface area contributed by atoms with Gasteiger partial charge in [0.15, 0.2) is 0 Å². The maximum absolute atomic E-state index is 13.2. The summed E-state index contributed by atoms with van der Waals surface area (Å²) in [6.07, 6.45) is 3.83. The first-order valence-corrected chi connectivity index (χ1v) is 11.3. The van der Waals surface area contributed by atoms with Crippen LogP contribution in [0.15, 0.2) is 53.7 Å². The molecule has 1 N–H and O–H groups in total. The molecule has 0 saturated carbocycles. The molecule has 0 bridgehead atoms. The number of rotatable bonds is 11. The molecule has 12 heteroatoms. The van der Waals surface area contributed by atoms with Crippen molar-refractivity contribution in [3.8, 4) is 17.2 Å². The average molecular weight is 477 g/mol. The number of nitrogens with zero attached hydrogens (tertiary/aromatic N) is 3. The second kappa shape index (κ2) is 10.4. The molecule has 0 unspecified atom stereocenters. The first-order chi connectivity index (χ1) is 15.8. The summed E-state index contributed by atoms with van der Waals surface area (Å²) in [6, 6.07) is 8.58.